The lowest BCUT2D eigenvalue weighted by molar-refractivity contribution is -0.125. The van der Waals surface area contributed by atoms with E-state index in [2.05, 4.69) is 0 Å². The van der Waals surface area contributed by atoms with E-state index in [1.165, 1.54) is 6.92 Å². The second-order valence-electron chi connectivity index (χ2n) is 2.99. The molecule has 5 heteroatoms. The lowest BCUT2D eigenvalue weighted by atomic mass is 10.1. The third-order valence-electron chi connectivity index (χ3n) is 1.65. The van der Waals surface area contributed by atoms with Crippen LogP contribution in [0.4, 0.5) is 0 Å². The number of ketones is 1. The van der Waals surface area contributed by atoms with Crippen LogP contribution in [0.1, 0.15) is 19.8 Å². The highest BCUT2D eigenvalue weighted by Gasteiger charge is 2.10. The second kappa shape index (κ2) is 7.33. The number of rotatable bonds is 6. The van der Waals surface area contributed by atoms with Gasteiger partial charge in [0.05, 0.1) is 6.10 Å². The first kappa shape index (κ1) is 14.0. The Morgan fingerprint density at radius 3 is 2.36 bits per heavy atom. The van der Waals surface area contributed by atoms with Crippen molar-refractivity contribution >= 4 is 28.4 Å². The lowest BCUT2D eigenvalue weighted by Crippen LogP contribution is -2.18. The van der Waals surface area contributed by atoms with E-state index in [1.54, 1.807) is 34.7 Å². The monoisotopic (exact) mass is 314 g/mol. The Balaban J connectivity index is 3.69. The molecule has 3 atom stereocenters. The molecule has 0 rings (SSSR count). The number of carbonyl (C=O) groups is 1. The smallest absolute Gasteiger partial charge is 0.164 e. The van der Waals surface area contributed by atoms with Crippen molar-refractivity contribution in [2.75, 3.05) is 0 Å². The largest absolute Gasteiger partial charge is 0.389 e. The minimum atomic E-state index is -0.945. The molecule has 0 aliphatic carbocycles. The molecule has 0 saturated carbocycles. The van der Waals surface area contributed by atoms with Gasteiger partial charge in [-0.25, -0.2) is 0 Å². The molecule has 0 aromatic heterocycles. The Morgan fingerprint density at radius 1 is 1.36 bits per heavy atom. The first-order chi connectivity index (χ1) is 6.45. The van der Waals surface area contributed by atoms with Gasteiger partial charge in [0.2, 0.25) is 0 Å². The van der Waals surface area contributed by atoms with E-state index in [0.717, 1.165) is 0 Å². The normalized spacial score (nSPS) is 18.1. The van der Waals surface area contributed by atoms with Crippen LogP contribution in [0, 0.1) is 0 Å². The van der Waals surface area contributed by atoms with Gasteiger partial charge in [-0.2, -0.15) is 0 Å². The van der Waals surface area contributed by atoms with Crippen LogP contribution in [0.3, 0.4) is 0 Å². The molecule has 0 aliphatic rings. The number of halogens is 1. The maximum atomic E-state index is 10.9. The fourth-order valence-electron chi connectivity index (χ4n) is 0.718. The average molecular weight is 314 g/mol. The van der Waals surface area contributed by atoms with E-state index in [0.29, 0.717) is 6.42 Å². The molecule has 0 bridgehead atoms. The summed E-state index contributed by atoms with van der Waals surface area (Å²) in [5.74, 6) is -0.259. The molecular weight excluding hydrogens is 299 g/mol. The predicted octanol–water partition coefficient (Wildman–Crippen LogP) is 0.387. The van der Waals surface area contributed by atoms with Gasteiger partial charge in [-0.15, -0.1) is 0 Å². The van der Waals surface area contributed by atoms with Gasteiger partial charge in [-0.1, -0.05) is 12.2 Å². The van der Waals surface area contributed by atoms with Crippen LogP contribution in [0.5, 0.6) is 0 Å². The van der Waals surface area contributed by atoms with Crippen LogP contribution in [-0.4, -0.2) is 37.4 Å². The van der Waals surface area contributed by atoms with Gasteiger partial charge < -0.3 is 15.3 Å². The molecule has 0 spiro atoms. The minimum Gasteiger partial charge on any atom is -0.389 e. The fourth-order valence-corrected chi connectivity index (χ4v) is 1.01. The summed E-state index contributed by atoms with van der Waals surface area (Å²) in [4.78, 5) is 10.9. The Hall–Kier alpha value is 0.0200. The molecule has 0 radical (unpaired) electrons. The fraction of sp³-hybridized carbons (Fsp3) is 0.667. The first-order valence-electron chi connectivity index (χ1n) is 4.31. The standard InChI is InChI=1S/C9H15IO4/c1-6(11)7(12)4-2-3-5-8(13)9(10)14/h2-3,6,8-9,11,13-14H,4-5H2,1H3/b3-2-. The van der Waals surface area contributed by atoms with Crippen molar-refractivity contribution in [3.8, 4) is 0 Å². The molecule has 0 aromatic carbocycles. The van der Waals surface area contributed by atoms with Gasteiger partial charge in [-0.05, 0) is 35.9 Å². The molecule has 3 unspecified atom stereocenters. The summed E-state index contributed by atoms with van der Waals surface area (Å²) in [5, 5.41) is 26.9. The van der Waals surface area contributed by atoms with Crippen LogP contribution < -0.4 is 0 Å². The number of allylic oxidation sites excluding steroid dienone is 1. The van der Waals surface area contributed by atoms with Crippen LogP contribution in [0.25, 0.3) is 0 Å². The zero-order valence-electron chi connectivity index (χ0n) is 7.93. The highest BCUT2D eigenvalue weighted by atomic mass is 127. The summed E-state index contributed by atoms with van der Waals surface area (Å²) in [7, 11) is 0. The topological polar surface area (TPSA) is 77.8 Å². The van der Waals surface area contributed by atoms with Gasteiger partial charge in [0.15, 0.2) is 5.78 Å². The minimum absolute atomic E-state index is 0.154. The quantitative estimate of drug-likeness (QED) is 0.376. The van der Waals surface area contributed by atoms with Crippen molar-refractivity contribution in [3.63, 3.8) is 0 Å². The Kier molecular flexibility index (Phi) is 7.34. The van der Waals surface area contributed by atoms with E-state index in [-0.39, 0.29) is 12.2 Å². The zero-order valence-corrected chi connectivity index (χ0v) is 10.1. The molecule has 14 heavy (non-hydrogen) atoms. The summed E-state index contributed by atoms with van der Waals surface area (Å²) >= 11 is 1.71. The Bertz CT molecular complexity index is 201. The van der Waals surface area contributed by atoms with Crippen LogP contribution in [0.15, 0.2) is 12.2 Å². The molecule has 82 valence electrons. The highest BCUT2D eigenvalue weighted by molar-refractivity contribution is 14.1. The van der Waals surface area contributed by atoms with E-state index < -0.39 is 16.3 Å². The van der Waals surface area contributed by atoms with Crippen molar-refractivity contribution in [1.29, 1.82) is 0 Å². The molecule has 0 fully saturated rings. The summed E-state index contributed by atoms with van der Waals surface area (Å²) < 4.78 is -0.801. The molecule has 0 amide bonds. The van der Waals surface area contributed by atoms with Gasteiger partial charge >= 0.3 is 0 Å². The van der Waals surface area contributed by atoms with Gasteiger partial charge in [-0.3, -0.25) is 4.79 Å². The highest BCUT2D eigenvalue weighted by Crippen LogP contribution is 2.07. The number of alkyl halides is 1. The molecule has 0 aromatic rings. The van der Waals surface area contributed by atoms with Crippen LogP contribution >= 0.6 is 22.6 Å². The number of Topliss-reactive ketones (excluding diaryl/α,β-unsaturated/α-hetero) is 1. The van der Waals surface area contributed by atoms with E-state index >= 15 is 0 Å². The van der Waals surface area contributed by atoms with Crippen molar-refractivity contribution in [2.45, 2.75) is 36.1 Å². The summed E-state index contributed by atoms with van der Waals surface area (Å²) in [6, 6.07) is 0. The summed E-state index contributed by atoms with van der Waals surface area (Å²) in [6.07, 6.45) is 1.90. The predicted molar refractivity (Wildman–Crippen MR) is 61.1 cm³/mol. The first-order valence-corrected chi connectivity index (χ1v) is 5.55. The molecule has 0 heterocycles. The van der Waals surface area contributed by atoms with Crippen molar-refractivity contribution in [2.24, 2.45) is 0 Å². The summed E-state index contributed by atoms with van der Waals surface area (Å²) in [5.41, 5.74) is 0. The Morgan fingerprint density at radius 2 is 1.93 bits per heavy atom. The summed E-state index contributed by atoms with van der Waals surface area (Å²) in [6.45, 7) is 1.42. The number of aliphatic hydroxyl groups is 3. The number of carbonyl (C=O) groups excluding carboxylic acids is 1. The Labute approximate surface area is 96.8 Å². The van der Waals surface area contributed by atoms with Crippen molar-refractivity contribution in [3.05, 3.63) is 12.2 Å². The van der Waals surface area contributed by atoms with Gasteiger partial charge in [0, 0.05) is 6.42 Å². The third-order valence-corrected chi connectivity index (χ3v) is 2.48. The number of hydrogen-bond acceptors (Lipinski definition) is 4. The third kappa shape index (κ3) is 6.47. The SMILES string of the molecule is CC(O)C(=O)C/C=C\CC(O)C(O)I. The maximum Gasteiger partial charge on any atom is 0.164 e. The number of hydrogen-bond donors (Lipinski definition) is 3. The molecule has 0 saturated heterocycles. The van der Waals surface area contributed by atoms with E-state index in [4.69, 9.17) is 15.3 Å². The van der Waals surface area contributed by atoms with E-state index in [9.17, 15) is 4.79 Å². The molecule has 0 aliphatic heterocycles. The van der Waals surface area contributed by atoms with Crippen molar-refractivity contribution in [1.82, 2.24) is 0 Å². The number of aliphatic hydroxyl groups excluding tert-OH is 3. The second-order valence-corrected chi connectivity index (χ2v) is 4.27. The van der Waals surface area contributed by atoms with Gasteiger partial charge in [0.1, 0.15) is 10.2 Å². The molecule has 4 nitrogen and oxygen atoms in total. The van der Waals surface area contributed by atoms with E-state index in [1.807, 2.05) is 0 Å². The van der Waals surface area contributed by atoms with Crippen molar-refractivity contribution < 1.29 is 20.1 Å². The van der Waals surface area contributed by atoms with Crippen LogP contribution in [-0.2, 0) is 4.79 Å². The molecule has 3 N–H and O–H groups in total. The average Bonchev–Trinajstić information content (AvgIpc) is 2.11. The maximum absolute atomic E-state index is 10.9. The lowest BCUT2D eigenvalue weighted by Gasteiger charge is -2.08. The van der Waals surface area contributed by atoms with Gasteiger partial charge in [0.25, 0.3) is 0 Å². The zero-order chi connectivity index (χ0) is 11.1. The van der Waals surface area contributed by atoms with Crippen LogP contribution in [0.2, 0.25) is 0 Å². The molecular formula is C9H15IO4.